The number of carbonyl (C=O) groups is 1. The van der Waals surface area contributed by atoms with Gasteiger partial charge in [0.25, 0.3) is 0 Å². The maximum absolute atomic E-state index is 11.8. The van der Waals surface area contributed by atoms with Gasteiger partial charge in [0.1, 0.15) is 0 Å². The van der Waals surface area contributed by atoms with Gasteiger partial charge in [-0.15, -0.1) is 0 Å². The number of ether oxygens (including phenoxy) is 1. The molecular formula is C15H27NO2. The van der Waals surface area contributed by atoms with Crippen molar-refractivity contribution in [3.63, 3.8) is 0 Å². The Kier molecular flexibility index (Phi) is 5.48. The Hall–Kier alpha value is -0.570. The van der Waals surface area contributed by atoms with Crippen LogP contribution in [0.1, 0.15) is 58.3 Å². The van der Waals surface area contributed by atoms with Crippen LogP contribution in [0, 0.1) is 5.92 Å². The number of esters is 1. The molecular weight excluding hydrogens is 226 g/mol. The van der Waals surface area contributed by atoms with Crippen LogP contribution in [-0.4, -0.2) is 36.6 Å². The van der Waals surface area contributed by atoms with E-state index in [1.807, 2.05) is 0 Å². The summed E-state index contributed by atoms with van der Waals surface area (Å²) in [5.74, 6) is 0.825. The van der Waals surface area contributed by atoms with Crippen molar-refractivity contribution in [3.8, 4) is 0 Å². The van der Waals surface area contributed by atoms with E-state index in [-0.39, 0.29) is 5.97 Å². The molecule has 2 rings (SSSR count). The Balaban J connectivity index is 1.78. The van der Waals surface area contributed by atoms with Crippen LogP contribution in [0.25, 0.3) is 0 Å². The zero-order chi connectivity index (χ0) is 12.8. The maximum atomic E-state index is 11.8. The molecule has 0 aromatic carbocycles. The monoisotopic (exact) mass is 253 g/mol. The molecule has 104 valence electrons. The summed E-state index contributed by atoms with van der Waals surface area (Å²) in [7, 11) is 0. The molecule has 0 aromatic heterocycles. The van der Waals surface area contributed by atoms with Crippen molar-refractivity contribution in [2.75, 3.05) is 19.7 Å². The predicted octanol–water partition coefficient (Wildman–Crippen LogP) is 2.98. The van der Waals surface area contributed by atoms with Crippen LogP contribution in [0.3, 0.4) is 0 Å². The van der Waals surface area contributed by atoms with Gasteiger partial charge in [-0.2, -0.15) is 0 Å². The first-order valence-electron chi connectivity index (χ1n) is 7.71. The second-order valence-electron chi connectivity index (χ2n) is 5.80. The van der Waals surface area contributed by atoms with Crippen LogP contribution in [-0.2, 0) is 9.53 Å². The van der Waals surface area contributed by atoms with E-state index in [9.17, 15) is 4.79 Å². The third kappa shape index (κ3) is 3.71. The van der Waals surface area contributed by atoms with Gasteiger partial charge in [-0.3, -0.25) is 9.69 Å². The minimum Gasteiger partial charge on any atom is -0.465 e. The lowest BCUT2D eigenvalue weighted by Gasteiger charge is -2.43. The van der Waals surface area contributed by atoms with Gasteiger partial charge in [0, 0.05) is 6.04 Å². The van der Waals surface area contributed by atoms with Gasteiger partial charge in [0.15, 0.2) is 0 Å². The number of unbranched alkanes of at least 4 members (excludes halogenated alkanes) is 1. The smallest absolute Gasteiger partial charge is 0.320 e. The van der Waals surface area contributed by atoms with E-state index in [4.69, 9.17) is 4.74 Å². The molecule has 1 aliphatic carbocycles. The first-order chi connectivity index (χ1) is 8.81. The number of carbonyl (C=O) groups excluding carboxylic acids is 1. The summed E-state index contributed by atoms with van der Waals surface area (Å²) in [5.41, 5.74) is 0. The molecule has 18 heavy (non-hydrogen) atoms. The van der Waals surface area contributed by atoms with Crippen molar-refractivity contribution in [1.29, 1.82) is 0 Å². The molecule has 2 unspecified atom stereocenters. The molecule has 0 radical (unpaired) electrons. The fraction of sp³-hybridized carbons (Fsp3) is 0.933. The summed E-state index contributed by atoms with van der Waals surface area (Å²) >= 11 is 0. The van der Waals surface area contributed by atoms with Crippen molar-refractivity contribution >= 4 is 5.97 Å². The molecule has 0 aromatic rings. The Morgan fingerprint density at radius 2 is 2.00 bits per heavy atom. The molecule has 2 fully saturated rings. The van der Waals surface area contributed by atoms with Crippen LogP contribution in [0.4, 0.5) is 0 Å². The SMILES string of the molecule is CCCCOC(=O)CN1CCCC2CCCCC21. The van der Waals surface area contributed by atoms with E-state index >= 15 is 0 Å². The largest absolute Gasteiger partial charge is 0.465 e. The molecule has 1 saturated heterocycles. The number of piperidine rings is 1. The standard InChI is InChI=1S/C15H27NO2/c1-2-3-11-18-15(17)12-16-10-6-8-13-7-4-5-9-14(13)16/h13-14H,2-12H2,1H3. The van der Waals surface area contributed by atoms with E-state index in [0.717, 1.165) is 25.3 Å². The topological polar surface area (TPSA) is 29.5 Å². The minimum absolute atomic E-state index is 0.0188. The van der Waals surface area contributed by atoms with E-state index in [1.165, 1.54) is 38.5 Å². The van der Waals surface area contributed by atoms with Crippen LogP contribution >= 0.6 is 0 Å². The Morgan fingerprint density at radius 3 is 2.83 bits per heavy atom. The molecule has 2 aliphatic rings. The van der Waals surface area contributed by atoms with Crippen molar-refractivity contribution in [2.45, 2.75) is 64.3 Å². The first-order valence-corrected chi connectivity index (χ1v) is 7.71. The lowest BCUT2D eigenvalue weighted by Crippen LogP contribution is -2.48. The van der Waals surface area contributed by atoms with Crippen LogP contribution in [0.5, 0.6) is 0 Å². The summed E-state index contributed by atoms with van der Waals surface area (Å²) in [5, 5.41) is 0. The summed E-state index contributed by atoms with van der Waals surface area (Å²) in [6.07, 6.45) is 10.1. The van der Waals surface area contributed by atoms with Crippen molar-refractivity contribution in [2.24, 2.45) is 5.92 Å². The third-order valence-corrected chi connectivity index (χ3v) is 4.45. The van der Waals surface area contributed by atoms with Crippen LogP contribution in [0.15, 0.2) is 0 Å². The second kappa shape index (κ2) is 7.13. The minimum atomic E-state index is -0.0188. The number of hydrogen-bond donors (Lipinski definition) is 0. The van der Waals surface area contributed by atoms with E-state index in [2.05, 4.69) is 11.8 Å². The van der Waals surface area contributed by atoms with Crippen LogP contribution < -0.4 is 0 Å². The number of fused-ring (bicyclic) bond motifs is 1. The van der Waals surface area contributed by atoms with Gasteiger partial charge in [0.2, 0.25) is 0 Å². The molecule has 3 nitrogen and oxygen atoms in total. The number of hydrogen-bond acceptors (Lipinski definition) is 3. The highest BCUT2D eigenvalue weighted by Crippen LogP contribution is 2.34. The zero-order valence-electron chi connectivity index (χ0n) is 11.7. The van der Waals surface area contributed by atoms with Gasteiger partial charge in [0.05, 0.1) is 13.2 Å². The van der Waals surface area contributed by atoms with Gasteiger partial charge in [-0.25, -0.2) is 0 Å². The average molecular weight is 253 g/mol. The third-order valence-electron chi connectivity index (χ3n) is 4.45. The summed E-state index contributed by atoms with van der Waals surface area (Å²) in [6, 6.07) is 0.659. The lowest BCUT2D eigenvalue weighted by atomic mass is 9.78. The van der Waals surface area contributed by atoms with Gasteiger partial charge in [-0.05, 0) is 44.6 Å². The Labute approximate surface area is 111 Å². The lowest BCUT2D eigenvalue weighted by molar-refractivity contribution is -0.146. The Bertz CT molecular complexity index is 265. The number of nitrogens with zero attached hydrogens (tertiary/aromatic N) is 1. The fourth-order valence-electron chi connectivity index (χ4n) is 3.47. The zero-order valence-corrected chi connectivity index (χ0v) is 11.7. The second-order valence-corrected chi connectivity index (χ2v) is 5.80. The molecule has 2 atom stereocenters. The molecule has 0 bridgehead atoms. The quantitative estimate of drug-likeness (QED) is 0.557. The fourth-order valence-corrected chi connectivity index (χ4v) is 3.47. The normalized spacial score (nSPS) is 28.7. The van der Waals surface area contributed by atoms with E-state index < -0.39 is 0 Å². The van der Waals surface area contributed by atoms with Gasteiger partial charge >= 0.3 is 5.97 Å². The highest BCUT2D eigenvalue weighted by molar-refractivity contribution is 5.71. The predicted molar refractivity (Wildman–Crippen MR) is 72.4 cm³/mol. The maximum Gasteiger partial charge on any atom is 0.320 e. The van der Waals surface area contributed by atoms with E-state index in [0.29, 0.717) is 19.2 Å². The highest BCUT2D eigenvalue weighted by atomic mass is 16.5. The highest BCUT2D eigenvalue weighted by Gasteiger charge is 2.33. The average Bonchev–Trinajstić information content (AvgIpc) is 2.39. The van der Waals surface area contributed by atoms with Crippen molar-refractivity contribution in [1.82, 2.24) is 4.90 Å². The summed E-state index contributed by atoms with van der Waals surface area (Å²) < 4.78 is 5.28. The molecule has 1 heterocycles. The number of likely N-dealkylation sites (tertiary alicyclic amines) is 1. The van der Waals surface area contributed by atoms with Crippen molar-refractivity contribution in [3.05, 3.63) is 0 Å². The molecule has 0 N–H and O–H groups in total. The summed E-state index contributed by atoms with van der Waals surface area (Å²) in [6.45, 7) is 4.32. The molecule has 3 heteroatoms. The molecule has 0 amide bonds. The van der Waals surface area contributed by atoms with Gasteiger partial charge in [-0.1, -0.05) is 26.2 Å². The number of rotatable bonds is 5. The van der Waals surface area contributed by atoms with E-state index in [1.54, 1.807) is 0 Å². The summed E-state index contributed by atoms with van der Waals surface area (Å²) in [4.78, 5) is 14.2. The first kappa shape index (κ1) is 13.9. The van der Waals surface area contributed by atoms with Gasteiger partial charge < -0.3 is 4.74 Å². The molecule has 0 spiro atoms. The molecule has 1 aliphatic heterocycles. The van der Waals surface area contributed by atoms with Crippen molar-refractivity contribution < 1.29 is 9.53 Å². The van der Waals surface area contributed by atoms with Crippen LogP contribution in [0.2, 0.25) is 0 Å². The molecule has 1 saturated carbocycles. The Morgan fingerprint density at radius 1 is 1.22 bits per heavy atom.